The number of carbonyl (C=O) groups is 4. The van der Waals surface area contributed by atoms with Crippen LogP contribution in [0.3, 0.4) is 0 Å². The number of nitrogens with one attached hydrogen (secondary N) is 1. The SMILES string of the molecule is CC1CC(=O)N(OCC(=O)C(CC(=O)O)NC(=O)OCc2ccccc2)C1(C)C. The van der Waals surface area contributed by atoms with Crippen LogP contribution in [0.1, 0.15) is 39.2 Å². The fourth-order valence-electron chi connectivity index (χ4n) is 2.91. The highest BCUT2D eigenvalue weighted by atomic mass is 16.7. The van der Waals surface area contributed by atoms with Gasteiger partial charge in [-0.2, -0.15) is 0 Å². The summed E-state index contributed by atoms with van der Waals surface area (Å²) < 4.78 is 5.03. The van der Waals surface area contributed by atoms with Gasteiger partial charge in [0, 0.05) is 6.42 Å². The number of hydrogen-bond acceptors (Lipinski definition) is 6. The molecule has 9 nitrogen and oxygen atoms in total. The van der Waals surface area contributed by atoms with Gasteiger partial charge in [0.05, 0.1) is 12.0 Å². The van der Waals surface area contributed by atoms with Crippen molar-refractivity contribution >= 4 is 23.8 Å². The van der Waals surface area contributed by atoms with Crippen LogP contribution in [0.2, 0.25) is 0 Å². The average molecular weight is 406 g/mol. The molecule has 9 heteroatoms. The summed E-state index contributed by atoms with van der Waals surface area (Å²) in [6.07, 6.45) is -1.25. The lowest BCUT2D eigenvalue weighted by molar-refractivity contribution is -0.206. The molecule has 0 spiro atoms. The van der Waals surface area contributed by atoms with Gasteiger partial charge in [-0.3, -0.25) is 19.2 Å². The first-order valence-corrected chi connectivity index (χ1v) is 9.29. The molecule has 29 heavy (non-hydrogen) atoms. The summed E-state index contributed by atoms with van der Waals surface area (Å²) in [4.78, 5) is 53.0. The molecule has 1 saturated heterocycles. The van der Waals surface area contributed by atoms with Crippen molar-refractivity contribution in [2.24, 2.45) is 5.92 Å². The molecule has 0 aliphatic carbocycles. The number of ether oxygens (including phenoxy) is 1. The second-order valence-electron chi connectivity index (χ2n) is 7.54. The monoisotopic (exact) mass is 406 g/mol. The molecule has 1 aromatic rings. The van der Waals surface area contributed by atoms with E-state index in [0.717, 1.165) is 10.6 Å². The Morgan fingerprint density at radius 1 is 1.28 bits per heavy atom. The molecule has 2 amide bonds. The van der Waals surface area contributed by atoms with Crippen LogP contribution in [0.15, 0.2) is 30.3 Å². The zero-order valence-corrected chi connectivity index (χ0v) is 16.7. The van der Waals surface area contributed by atoms with Crippen LogP contribution in [0.5, 0.6) is 0 Å². The van der Waals surface area contributed by atoms with Gasteiger partial charge in [-0.05, 0) is 25.3 Å². The van der Waals surface area contributed by atoms with Gasteiger partial charge < -0.3 is 15.2 Å². The first-order valence-electron chi connectivity index (χ1n) is 9.29. The van der Waals surface area contributed by atoms with Gasteiger partial charge in [-0.1, -0.05) is 37.3 Å². The second kappa shape index (κ2) is 9.51. The lowest BCUT2D eigenvalue weighted by Gasteiger charge is -2.33. The van der Waals surface area contributed by atoms with Crippen molar-refractivity contribution in [1.82, 2.24) is 10.4 Å². The van der Waals surface area contributed by atoms with E-state index < -0.39 is 42.5 Å². The van der Waals surface area contributed by atoms with Crippen molar-refractivity contribution in [2.75, 3.05) is 6.61 Å². The summed E-state index contributed by atoms with van der Waals surface area (Å²) in [5.74, 6) is -2.16. The van der Waals surface area contributed by atoms with Crippen LogP contribution in [0, 0.1) is 5.92 Å². The molecule has 1 aliphatic heterocycles. The van der Waals surface area contributed by atoms with E-state index in [1.807, 2.05) is 26.8 Å². The van der Waals surface area contributed by atoms with Crippen LogP contribution in [-0.4, -0.2) is 52.1 Å². The Bertz CT molecular complexity index is 763. The van der Waals surface area contributed by atoms with E-state index in [0.29, 0.717) is 6.42 Å². The second-order valence-corrected chi connectivity index (χ2v) is 7.54. The Morgan fingerprint density at radius 2 is 1.93 bits per heavy atom. The molecule has 0 saturated carbocycles. The fraction of sp³-hybridized carbons (Fsp3) is 0.500. The smallest absolute Gasteiger partial charge is 0.408 e. The summed E-state index contributed by atoms with van der Waals surface area (Å²) in [5.41, 5.74) is 0.151. The number of aliphatic carboxylic acids is 1. The van der Waals surface area contributed by atoms with Gasteiger partial charge in [-0.15, -0.1) is 0 Å². The summed E-state index contributed by atoms with van der Waals surface area (Å²) in [6, 6.07) is 7.57. The highest BCUT2D eigenvalue weighted by Crippen LogP contribution is 2.35. The minimum absolute atomic E-state index is 0.0223. The normalized spacial score (nSPS) is 18.9. The van der Waals surface area contributed by atoms with Crippen LogP contribution >= 0.6 is 0 Å². The van der Waals surface area contributed by atoms with Gasteiger partial charge in [0.2, 0.25) is 5.91 Å². The Hall–Kier alpha value is -2.94. The molecular weight excluding hydrogens is 380 g/mol. The van der Waals surface area contributed by atoms with E-state index in [1.54, 1.807) is 24.3 Å². The Kier molecular flexibility index (Phi) is 7.33. The number of amides is 2. The van der Waals surface area contributed by atoms with Crippen molar-refractivity contribution in [3.05, 3.63) is 35.9 Å². The number of ketones is 1. The highest BCUT2D eigenvalue weighted by molar-refractivity contribution is 5.91. The molecule has 2 N–H and O–H groups in total. The van der Waals surface area contributed by atoms with E-state index in [4.69, 9.17) is 14.7 Å². The Balaban J connectivity index is 1.92. The molecule has 0 radical (unpaired) electrons. The summed E-state index contributed by atoms with van der Waals surface area (Å²) >= 11 is 0. The predicted octanol–water partition coefficient (Wildman–Crippen LogP) is 1.90. The zero-order valence-electron chi connectivity index (χ0n) is 16.7. The number of benzene rings is 1. The number of hydroxylamine groups is 2. The summed E-state index contributed by atoms with van der Waals surface area (Å²) in [6.45, 7) is 4.98. The van der Waals surface area contributed by atoms with E-state index in [9.17, 15) is 19.2 Å². The molecular formula is C20H26N2O7. The average Bonchev–Trinajstić information content (AvgIpc) is 2.85. The molecule has 1 fully saturated rings. The molecule has 1 aromatic carbocycles. The quantitative estimate of drug-likeness (QED) is 0.642. The summed E-state index contributed by atoms with van der Waals surface area (Å²) in [7, 11) is 0. The Labute approximate surface area is 168 Å². The van der Waals surface area contributed by atoms with E-state index in [1.165, 1.54) is 0 Å². The van der Waals surface area contributed by atoms with Crippen molar-refractivity contribution in [3.63, 3.8) is 0 Å². The van der Waals surface area contributed by atoms with Crippen molar-refractivity contribution in [3.8, 4) is 0 Å². The first-order chi connectivity index (χ1) is 13.6. The maximum atomic E-state index is 12.4. The molecule has 2 atom stereocenters. The minimum Gasteiger partial charge on any atom is -0.481 e. The van der Waals surface area contributed by atoms with Crippen LogP contribution in [0.4, 0.5) is 4.79 Å². The van der Waals surface area contributed by atoms with Crippen molar-refractivity contribution in [1.29, 1.82) is 0 Å². The van der Waals surface area contributed by atoms with E-state index >= 15 is 0 Å². The first kappa shape index (κ1) is 22.4. The van der Waals surface area contributed by atoms with Crippen LogP contribution in [-0.2, 0) is 30.6 Å². The number of carbonyl (C=O) groups excluding carboxylic acids is 3. The molecule has 2 unspecified atom stereocenters. The van der Waals surface area contributed by atoms with Gasteiger partial charge in [0.1, 0.15) is 19.3 Å². The number of carboxylic acid groups (broad SMARTS) is 1. The number of Topliss-reactive ketones (excluding diaryl/α,β-unsaturated/α-hetero) is 1. The Morgan fingerprint density at radius 3 is 2.48 bits per heavy atom. The molecule has 2 rings (SSSR count). The maximum Gasteiger partial charge on any atom is 0.408 e. The predicted molar refractivity (Wildman–Crippen MR) is 101 cm³/mol. The standard InChI is InChI=1S/C20H26N2O7/c1-13-9-17(24)22(20(13,2)3)29-12-16(23)15(10-18(25)26)21-19(27)28-11-14-7-5-4-6-8-14/h4-8,13,15H,9-12H2,1-3H3,(H,21,27)(H,25,26). The van der Waals surface area contributed by atoms with Gasteiger partial charge >= 0.3 is 12.1 Å². The van der Waals surface area contributed by atoms with Crippen molar-refractivity contribution in [2.45, 2.75) is 51.8 Å². The molecule has 158 valence electrons. The van der Waals surface area contributed by atoms with Crippen molar-refractivity contribution < 1.29 is 33.9 Å². The fourth-order valence-corrected chi connectivity index (χ4v) is 2.91. The number of carboxylic acids is 1. The van der Waals surface area contributed by atoms with E-state index in [-0.39, 0.29) is 18.4 Å². The van der Waals surface area contributed by atoms with Gasteiger partial charge in [0.15, 0.2) is 5.78 Å². The van der Waals surface area contributed by atoms with Crippen LogP contribution < -0.4 is 5.32 Å². The molecule has 1 aliphatic rings. The number of nitrogens with zero attached hydrogens (tertiary/aromatic N) is 1. The molecule has 0 bridgehead atoms. The van der Waals surface area contributed by atoms with E-state index in [2.05, 4.69) is 5.32 Å². The zero-order chi connectivity index (χ0) is 21.6. The summed E-state index contributed by atoms with van der Waals surface area (Å²) in [5, 5.41) is 12.5. The lowest BCUT2D eigenvalue weighted by atomic mass is 9.91. The third kappa shape index (κ3) is 6.02. The third-order valence-electron chi connectivity index (χ3n) is 5.04. The third-order valence-corrected chi connectivity index (χ3v) is 5.04. The topological polar surface area (TPSA) is 122 Å². The largest absolute Gasteiger partial charge is 0.481 e. The maximum absolute atomic E-state index is 12.4. The molecule has 1 heterocycles. The number of rotatable bonds is 9. The highest BCUT2D eigenvalue weighted by Gasteiger charge is 2.45. The minimum atomic E-state index is -1.34. The van der Waals surface area contributed by atoms with Gasteiger partial charge in [-0.25, -0.2) is 9.86 Å². The van der Waals surface area contributed by atoms with Gasteiger partial charge in [0.25, 0.3) is 0 Å². The number of alkyl carbamates (subject to hydrolysis) is 1. The number of hydrogen-bond donors (Lipinski definition) is 2. The lowest BCUT2D eigenvalue weighted by Crippen LogP contribution is -2.48. The van der Waals surface area contributed by atoms with Crippen LogP contribution in [0.25, 0.3) is 0 Å². The molecule has 0 aromatic heterocycles.